The van der Waals surface area contributed by atoms with Gasteiger partial charge in [0.15, 0.2) is 0 Å². The molecule has 0 unspecified atom stereocenters. The molecule has 0 spiro atoms. The molecule has 0 atom stereocenters. The molecule has 0 fully saturated rings. The van der Waals surface area contributed by atoms with Crippen LogP contribution in [0.5, 0.6) is 5.75 Å². The van der Waals surface area contributed by atoms with Crippen molar-refractivity contribution in [1.29, 1.82) is 0 Å². The first-order valence-corrected chi connectivity index (χ1v) is 7.18. The first-order valence-electron chi connectivity index (χ1n) is 6.11. The number of hydrogen-bond acceptors (Lipinski definition) is 3. The van der Waals surface area contributed by atoms with E-state index in [1.807, 2.05) is 48.5 Å². The first-order chi connectivity index (χ1) is 9.67. The van der Waals surface area contributed by atoms with Crippen molar-refractivity contribution in [2.45, 2.75) is 0 Å². The Morgan fingerprint density at radius 1 is 1.05 bits per heavy atom. The van der Waals surface area contributed by atoms with Gasteiger partial charge in [0.25, 0.3) is 0 Å². The Morgan fingerprint density at radius 2 is 1.65 bits per heavy atom. The van der Waals surface area contributed by atoms with Crippen LogP contribution < -0.4 is 15.4 Å². The number of carbonyl (C=O) groups is 1. The van der Waals surface area contributed by atoms with Crippen molar-refractivity contribution in [3.05, 3.63) is 52.1 Å². The normalized spacial score (nSPS) is 9.90. The van der Waals surface area contributed by atoms with Crippen LogP contribution in [0.3, 0.4) is 0 Å². The van der Waals surface area contributed by atoms with Crippen molar-refractivity contribution < 1.29 is 9.53 Å². The SMILES string of the molecule is COc1ccc(NC(=O)CNc2ccc(I)cc2)cc1. The largest absolute Gasteiger partial charge is 0.497 e. The number of carbonyl (C=O) groups excluding carboxylic acids is 1. The van der Waals surface area contributed by atoms with Crippen LogP contribution in [0.25, 0.3) is 0 Å². The van der Waals surface area contributed by atoms with Crippen LogP contribution in [-0.2, 0) is 4.79 Å². The van der Waals surface area contributed by atoms with E-state index >= 15 is 0 Å². The predicted molar refractivity (Wildman–Crippen MR) is 89.3 cm³/mol. The van der Waals surface area contributed by atoms with Gasteiger partial charge in [0.1, 0.15) is 5.75 Å². The van der Waals surface area contributed by atoms with Gasteiger partial charge in [-0.3, -0.25) is 4.79 Å². The van der Waals surface area contributed by atoms with Gasteiger partial charge in [-0.25, -0.2) is 0 Å². The number of nitrogens with one attached hydrogen (secondary N) is 2. The lowest BCUT2D eigenvalue weighted by Gasteiger charge is -2.08. The molecule has 2 rings (SSSR count). The third kappa shape index (κ3) is 4.41. The average Bonchev–Trinajstić information content (AvgIpc) is 2.47. The number of hydrogen-bond donors (Lipinski definition) is 2. The predicted octanol–water partition coefficient (Wildman–Crippen LogP) is 3.35. The van der Waals surface area contributed by atoms with E-state index in [0.29, 0.717) is 0 Å². The van der Waals surface area contributed by atoms with Gasteiger partial charge in [-0.05, 0) is 71.1 Å². The minimum Gasteiger partial charge on any atom is -0.497 e. The summed E-state index contributed by atoms with van der Waals surface area (Å²) in [6, 6.07) is 15.1. The molecule has 2 N–H and O–H groups in total. The Labute approximate surface area is 131 Å². The molecular formula is C15H15IN2O2. The number of rotatable bonds is 5. The zero-order chi connectivity index (χ0) is 14.4. The van der Waals surface area contributed by atoms with E-state index in [9.17, 15) is 4.79 Å². The van der Waals surface area contributed by atoms with Crippen molar-refractivity contribution in [3.63, 3.8) is 0 Å². The number of benzene rings is 2. The van der Waals surface area contributed by atoms with Gasteiger partial charge in [-0.1, -0.05) is 0 Å². The maximum Gasteiger partial charge on any atom is 0.243 e. The standard InChI is InChI=1S/C15H15IN2O2/c1-20-14-8-6-13(7-9-14)18-15(19)10-17-12-4-2-11(16)3-5-12/h2-9,17H,10H2,1H3,(H,18,19). The fourth-order valence-electron chi connectivity index (χ4n) is 1.63. The van der Waals surface area contributed by atoms with E-state index in [1.165, 1.54) is 0 Å². The Kier molecular flexibility index (Phi) is 5.23. The Balaban J connectivity index is 1.84. The molecule has 0 aliphatic rings. The van der Waals surface area contributed by atoms with Crippen LogP contribution in [0.4, 0.5) is 11.4 Å². The molecule has 0 heterocycles. The first kappa shape index (κ1) is 14.6. The minimum absolute atomic E-state index is 0.0892. The summed E-state index contributed by atoms with van der Waals surface area (Å²) in [5.41, 5.74) is 1.68. The third-order valence-electron chi connectivity index (χ3n) is 2.67. The maximum absolute atomic E-state index is 11.8. The van der Waals surface area contributed by atoms with E-state index in [1.54, 1.807) is 7.11 Å². The number of methoxy groups -OCH3 is 1. The highest BCUT2D eigenvalue weighted by Gasteiger charge is 2.02. The lowest BCUT2D eigenvalue weighted by Crippen LogP contribution is -2.21. The molecule has 5 heteroatoms. The third-order valence-corrected chi connectivity index (χ3v) is 3.39. The molecule has 0 bridgehead atoms. The van der Waals surface area contributed by atoms with E-state index in [0.717, 1.165) is 20.7 Å². The molecule has 0 aliphatic carbocycles. The second-order valence-electron chi connectivity index (χ2n) is 4.14. The summed E-state index contributed by atoms with van der Waals surface area (Å²) < 4.78 is 6.23. The topological polar surface area (TPSA) is 50.4 Å². The van der Waals surface area contributed by atoms with E-state index in [4.69, 9.17) is 4.74 Å². The van der Waals surface area contributed by atoms with Crippen LogP contribution in [0.15, 0.2) is 48.5 Å². The molecule has 104 valence electrons. The van der Waals surface area contributed by atoms with Crippen LogP contribution in [0.2, 0.25) is 0 Å². The average molecular weight is 382 g/mol. The van der Waals surface area contributed by atoms with Crippen molar-refractivity contribution in [2.75, 3.05) is 24.3 Å². The lowest BCUT2D eigenvalue weighted by atomic mass is 10.3. The Morgan fingerprint density at radius 3 is 2.25 bits per heavy atom. The number of halogens is 1. The summed E-state index contributed by atoms with van der Waals surface area (Å²) in [6.07, 6.45) is 0. The van der Waals surface area contributed by atoms with E-state index in [-0.39, 0.29) is 12.5 Å². The van der Waals surface area contributed by atoms with Gasteiger partial charge in [-0.15, -0.1) is 0 Å². The molecule has 0 saturated carbocycles. The fraction of sp³-hybridized carbons (Fsp3) is 0.133. The molecule has 0 aliphatic heterocycles. The summed E-state index contributed by atoms with van der Waals surface area (Å²) in [5.74, 6) is 0.675. The number of anilines is 2. The van der Waals surface area contributed by atoms with Crippen LogP contribution in [0, 0.1) is 3.57 Å². The van der Waals surface area contributed by atoms with Crippen molar-refractivity contribution in [1.82, 2.24) is 0 Å². The van der Waals surface area contributed by atoms with E-state index in [2.05, 4.69) is 33.2 Å². The number of amides is 1. The van der Waals surface area contributed by atoms with Crippen LogP contribution in [0.1, 0.15) is 0 Å². The molecule has 2 aromatic carbocycles. The van der Waals surface area contributed by atoms with Crippen molar-refractivity contribution in [2.24, 2.45) is 0 Å². The summed E-state index contributed by atoms with van der Waals surface area (Å²) in [6.45, 7) is 0.229. The van der Waals surface area contributed by atoms with Gasteiger partial charge < -0.3 is 15.4 Å². The molecule has 0 aromatic heterocycles. The van der Waals surface area contributed by atoms with Gasteiger partial charge in [0, 0.05) is 14.9 Å². The maximum atomic E-state index is 11.8. The minimum atomic E-state index is -0.0892. The second kappa shape index (κ2) is 7.14. The van der Waals surface area contributed by atoms with Crippen molar-refractivity contribution in [3.8, 4) is 5.75 Å². The Bertz CT molecular complexity index is 567. The quantitative estimate of drug-likeness (QED) is 0.780. The summed E-state index contributed by atoms with van der Waals surface area (Å²) in [4.78, 5) is 11.8. The molecule has 2 aromatic rings. The van der Waals surface area contributed by atoms with Crippen LogP contribution in [-0.4, -0.2) is 19.6 Å². The lowest BCUT2D eigenvalue weighted by molar-refractivity contribution is -0.114. The molecule has 20 heavy (non-hydrogen) atoms. The van der Waals surface area contributed by atoms with Crippen molar-refractivity contribution >= 4 is 39.9 Å². The molecule has 0 radical (unpaired) electrons. The molecule has 0 saturated heterocycles. The number of ether oxygens (including phenoxy) is 1. The summed E-state index contributed by atoms with van der Waals surface area (Å²) in [7, 11) is 1.61. The van der Waals surface area contributed by atoms with Gasteiger partial charge in [0.2, 0.25) is 5.91 Å². The summed E-state index contributed by atoms with van der Waals surface area (Å²) in [5, 5.41) is 5.89. The van der Waals surface area contributed by atoms with Gasteiger partial charge in [0.05, 0.1) is 13.7 Å². The molecule has 4 nitrogen and oxygen atoms in total. The Hall–Kier alpha value is -1.76. The van der Waals surface area contributed by atoms with E-state index < -0.39 is 0 Å². The zero-order valence-corrected chi connectivity index (χ0v) is 13.2. The fourth-order valence-corrected chi connectivity index (χ4v) is 1.99. The highest BCUT2D eigenvalue weighted by molar-refractivity contribution is 14.1. The zero-order valence-electron chi connectivity index (χ0n) is 11.0. The molecule has 1 amide bonds. The van der Waals surface area contributed by atoms with Gasteiger partial charge in [-0.2, -0.15) is 0 Å². The second-order valence-corrected chi connectivity index (χ2v) is 5.38. The van der Waals surface area contributed by atoms with Gasteiger partial charge >= 0.3 is 0 Å². The summed E-state index contributed by atoms with van der Waals surface area (Å²) >= 11 is 2.24. The monoisotopic (exact) mass is 382 g/mol. The highest BCUT2D eigenvalue weighted by Crippen LogP contribution is 2.15. The highest BCUT2D eigenvalue weighted by atomic mass is 127. The molecular weight excluding hydrogens is 367 g/mol. The van der Waals surface area contributed by atoms with Crippen LogP contribution >= 0.6 is 22.6 Å². The smallest absolute Gasteiger partial charge is 0.243 e.